The number of fused-ring (bicyclic) bond motifs is 1. The lowest BCUT2D eigenvalue weighted by molar-refractivity contribution is -0.136. The SMILES string of the molecule is Cc1ccn2c(CC(=O)O)c(-c3ccccn3)nc2c1. The number of carboxylic acid groups (broad SMARTS) is 1. The zero-order valence-electron chi connectivity index (χ0n) is 10.9. The number of hydrogen-bond acceptors (Lipinski definition) is 3. The number of aliphatic carboxylic acids is 1. The minimum absolute atomic E-state index is 0.0872. The van der Waals surface area contributed by atoms with Crippen LogP contribution in [0.25, 0.3) is 17.0 Å². The summed E-state index contributed by atoms with van der Waals surface area (Å²) in [7, 11) is 0. The van der Waals surface area contributed by atoms with E-state index in [1.165, 1.54) is 0 Å². The van der Waals surface area contributed by atoms with Crippen molar-refractivity contribution in [3.63, 3.8) is 0 Å². The number of hydrogen-bond donors (Lipinski definition) is 1. The van der Waals surface area contributed by atoms with Crippen molar-refractivity contribution in [3.05, 3.63) is 54.0 Å². The number of carbonyl (C=O) groups is 1. The van der Waals surface area contributed by atoms with Crippen molar-refractivity contribution in [1.29, 1.82) is 0 Å². The fourth-order valence-corrected chi connectivity index (χ4v) is 2.22. The van der Waals surface area contributed by atoms with Crippen LogP contribution >= 0.6 is 0 Å². The number of nitrogens with zero attached hydrogens (tertiary/aromatic N) is 3. The number of rotatable bonds is 3. The molecule has 0 bridgehead atoms. The Bertz CT molecular complexity index is 778. The van der Waals surface area contributed by atoms with E-state index in [0.29, 0.717) is 17.1 Å². The van der Waals surface area contributed by atoms with Crippen molar-refractivity contribution in [2.75, 3.05) is 0 Å². The van der Waals surface area contributed by atoms with E-state index in [2.05, 4.69) is 9.97 Å². The van der Waals surface area contributed by atoms with Gasteiger partial charge in [-0.3, -0.25) is 9.78 Å². The number of imidazole rings is 1. The highest BCUT2D eigenvalue weighted by molar-refractivity contribution is 5.75. The highest BCUT2D eigenvalue weighted by Gasteiger charge is 2.17. The molecular formula is C15H13N3O2. The maximum atomic E-state index is 11.1. The Morgan fingerprint density at radius 1 is 1.35 bits per heavy atom. The molecule has 100 valence electrons. The fourth-order valence-electron chi connectivity index (χ4n) is 2.22. The van der Waals surface area contributed by atoms with Crippen LogP contribution in [-0.4, -0.2) is 25.4 Å². The predicted octanol–water partition coefficient (Wildman–Crippen LogP) is 2.33. The summed E-state index contributed by atoms with van der Waals surface area (Å²) >= 11 is 0. The molecular weight excluding hydrogens is 254 g/mol. The summed E-state index contributed by atoms with van der Waals surface area (Å²) < 4.78 is 1.81. The van der Waals surface area contributed by atoms with Gasteiger partial charge in [-0.15, -0.1) is 0 Å². The molecule has 20 heavy (non-hydrogen) atoms. The van der Waals surface area contributed by atoms with Gasteiger partial charge in [-0.2, -0.15) is 0 Å². The lowest BCUT2D eigenvalue weighted by Crippen LogP contribution is -2.05. The first-order valence-electron chi connectivity index (χ1n) is 6.26. The van der Waals surface area contributed by atoms with Crippen molar-refractivity contribution in [2.24, 2.45) is 0 Å². The third kappa shape index (κ3) is 2.14. The molecule has 0 radical (unpaired) electrons. The van der Waals surface area contributed by atoms with Gasteiger partial charge in [-0.1, -0.05) is 6.07 Å². The van der Waals surface area contributed by atoms with Gasteiger partial charge in [0.2, 0.25) is 0 Å². The first-order chi connectivity index (χ1) is 9.65. The van der Waals surface area contributed by atoms with Crippen molar-refractivity contribution in [3.8, 4) is 11.4 Å². The molecule has 0 saturated heterocycles. The summed E-state index contributed by atoms with van der Waals surface area (Å²) in [6.07, 6.45) is 3.44. The van der Waals surface area contributed by atoms with Gasteiger partial charge in [0.15, 0.2) is 0 Å². The van der Waals surface area contributed by atoms with Gasteiger partial charge in [-0.25, -0.2) is 4.98 Å². The molecule has 0 aliphatic heterocycles. The molecule has 0 aliphatic rings. The van der Waals surface area contributed by atoms with Gasteiger partial charge in [0, 0.05) is 12.4 Å². The monoisotopic (exact) mass is 267 g/mol. The van der Waals surface area contributed by atoms with Crippen LogP contribution in [0.2, 0.25) is 0 Å². The Kier molecular flexibility index (Phi) is 2.95. The topological polar surface area (TPSA) is 67.5 Å². The third-order valence-corrected chi connectivity index (χ3v) is 3.11. The Balaban J connectivity index is 2.27. The second-order valence-electron chi connectivity index (χ2n) is 4.62. The van der Waals surface area contributed by atoms with Crippen LogP contribution < -0.4 is 0 Å². The molecule has 0 aromatic carbocycles. The smallest absolute Gasteiger partial charge is 0.309 e. The van der Waals surface area contributed by atoms with Gasteiger partial charge < -0.3 is 9.51 Å². The zero-order valence-corrected chi connectivity index (χ0v) is 10.9. The Morgan fingerprint density at radius 3 is 2.90 bits per heavy atom. The van der Waals surface area contributed by atoms with E-state index in [4.69, 9.17) is 5.11 Å². The maximum absolute atomic E-state index is 11.1. The predicted molar refractivity (Wildman–Crippen MR) is 74.5 cm³/mol. The van der Waals surface area contributed by atoms with Gasteiger partial charge in [0.05, 0.1) is 17.8 Å². The standard InChI is InChI=1S/C15H13N3O2/c1-10-5-7-18-12(9-14(19)20)15(17-13(18)8-10)11-4-2-3-6-16-11/h2-8H,9H2,1H3,(H,19,20). The first kappa shape index (κ1) is 12.3. The zero-order chi connectivity index (χ0) is 14.1. The molecule has 3 aromatic heterocycles. The Morgan fingerprint density at radius 2 is 2.20 bits per heavy atom. The van der Waals surface area contributed by atoms with E-state index in [-0.39, 0.29) is 6.42 Å². The summed E-state index contributed by atoms with van der Waals surface area (Å²) in [5.74, 6) is -0.885. The van der Waals surface area contributed by atoms with E-state index in [1.807, 2.05) is 47.9 Å². The van der Waals surface area contributed by atoms with Crippen LogP contribution in [0.1, 0.15) is 11.3 Å². The number of aromatic nitrogens is 3. The van der Waals surface area contributed by atoms with Crippen LogP contribution in [-0.2, 0) is 11.2 Å². The average Bonchev–Trinajstić information content (AvgIpc) is 2.77. The molecule has 1 N–H and O–H groups in total. The summed E-state index contributed by atoms with van der Waals surface area (Å²) in [5.41, 5.74) is 3.77. The molecule has 0 fully saturated rings. The molecule has 3 heterocycles. The van der Waals surface area contributed by atoms with Gasteiger partial charge in [0.1, 0.15) is 11.3 Å². The minimum Gasteiger partial charge on any atom is -0.481 e. The van der Waals surface area contributed by atoms with Crippen molar-refractivity contribution in [1.82, 2.24) is 14.4 Å². The first-order valence-corrected chi connectivity index (χ1v) is 6.26. The summed E-state index contributed by atoms with van der Waals surface area (Å²) in [6, 6.07) is 9.38. The van der Waals surface area contributed by atoms with Crippen molar-refractivity contribution >= 4 is 11.6 Å². The van der Waals surface area contributed by atoms with E-state index < -0.39 is 5.97 Å². The van der Waals surface area contributed by atoms with E-state index in [0.717, 1.165) is 11.2 Å². The molecule has 3 aromatic rings. The number of carboxylic acids is 1. The van der Waals surface area contributed by atoms with Crippen molar-refractivity contribution in [2.45, 2.75) is 13.3 Å². The third-order valence-electron chi connectivity index (χ3n) is 3.11. The molecule has 0 amide bonds. The summed E-state index contributed by atoms with van der Waals surface area (Å²) in [5, 5.41) is 9.11. The average molecular weight is 267 g/mol. The van der Waals surface area contributed by atoms with Crippen molar-refractivity contribution < 1.29 is 9.90 Å². The molecule has 5 nitrogen and oxygen atoms in total. The van der Waals surface area contributed by atoms with Crippen LogP contribution in [0.15, 0.2) is 42.7 Å². The molecule has 0 spiro atoms. The Labute approximate surface area is 115 Å². The summed E-state index contributed by atoms with van der Waals surface area (Å²) in [4.78, 5) is 19.9. The molecule has 0 unspecified atom stereocenters. The molecule has 0 atom stereocenters. The maximum Gasteiger partial charge on any atom is 0.309 e. The second kappa shape index (κ2) is 4.77. The summed E-state index contributed by atoms with van der Waals surface area (Å²) in [6.45, 7) is 1.98. The highest BCUT2D eigenvalue weighted by atomic mass is 16.4. The molecule has 0 aliphatic carbocycles. The number of pyridine rings is 2. The van der Waals surface area contributed by atoms with Crippen LogP contribution in [0, 0.1) is 6.92 Å². The van der Waals surface area contributed by atoms with Crippen LogP contribution in [0.3, 0.4) is 0 Å². The molecule has 3 rings (SSSR count). The lowest BCUT2D eigenvalue weighted by Gasteiger charge is -2.02. The fraction of sp³-hybridized carbons (Fsp3) is 0.133. The highest BCUT2D eigenvalue weighted by Crippen LogP contribution is 2.23. The lowest BCUT2D eigenvalue weighted by atomic mass is 10.2. The van der Waals surface area contributed by atoms with E-state index in [1.54, 1.807) is 6.20 Å². The Hall–Kier alpha value is -2.69. The second-order valence-corrected chi connectivity index (χ2v) is 4.62. The van der Waals surface area contributed by atoms with E-state index in [9.17, 15) is 4.79 Å². The van der Waals surface area contributed by atoms with Gasteiger partial charge in [-0.05, 0) is 36.8 Å². The molecule has 5 heteroatoms. The quantitative estimate of drug-likeness (QED) is 0.790. The van der Waals surface area contributed by atoms with Gasteiger partial charge in [0.25, 0.3) is 0 Å². The van der Waals surface area contributed by atoms with E-state index >= 15 is 0 Å². The number of aryl methyl sites for hydroxylation is 1. The van der Waals surface area contributed by atoms with Gasteiger partial charge >= 0.3 is 5.97 Å². The minimum atomic E-state index is -0.885. The normalized spacial score (nSPS) is 10.8. The van der Waals surface area contributed by atoms with Crippen LogP contribution in [0.4, 0.5) is 0 Å². The largest absolute Gasteiger partial charge is 0.481 e. The van der Waals surface area contributed by atoms with Crippen LogP contribution in [0.5, 0.6) is 0 Å². The molecule has 0 saturated carbocycles.